The molecule has 0 heterocycles. The molecule has 1 unspecified atom stereocenters. The van der Waals surface area contributed by atoms with Crippen molar-refractivity contribution in [2.45, 2.75) is 45.7 Å². The highest BCUT2D eigenvalue weighted by molar-refractivity contribution is 5.49. The highest BCUT2D eigenvalue weighted by atomic mass is 16.5. The third-order valence-corrected chi connectivity index (χ3v) is 3.75. The first-order valence-electron chi connectivity index (χ1n) is 7.25. The van der Waals surface area contributed by atoms with Crippen molar-refractivity contribution in [3.05, 3.63) is 29.8 Å². The number of hydrogen-bond donors (Lipinski definition) is 1. The summed E-state index contributed by atoms with van der Waals surface area (Å²) in [5.74, 6) is 0. The Morgan fingerprint density at radius 2 is 1.79 bits per heavy atom. The van der Waals surface area contributed by atoms with Gasteiger partial charge in [0.25, 0.3) is 0 Å². The maximum absolute atomic E-state index is 6.05. The first-order chi connectivity index (χ1) is 9.13. The summed E-state index contributed by atoms with van der Waals surface area (Å²) in [5.41, 5.74) is 8.51. The van der Waals surface area contributed by atoms with Crippen LogP contribution in [-0.2, 0) is 4.74 Å². The van der Waals surface area contributed by atoms with Crippen molar-refractivity contribution in [1.82, 2.24) is 0 Å². The van der Waals surface area contributed by atoms with Gasteiger partial charge in [0.05, 0.1) is 6.61 Å². The smallest absolute Gasteiger partial charge is 0.0637 e. The molecule has 2 atom stereocenters. The second-order valence-corrected chi connectivity index (χ2v) is 5.05. The van der Waals surface area contributed by atoms with E-state index < -0.39 is 0 Å². The molecule has 1 aromatic rings. The van der Waals surface area contributed by atoms with Gasteiger partial charge in [0.2, 0.25) is 0 Å². The van der Waals surface area contributed by atoms with Crippen molar-refractivity contribution in [2.24, 2.45) is 5.73 Å². The van der Waals surface area contributed by atoms with E-state index in [1.54, 1.807) is 7.11 Å². The highest BCUT2D eigenvalue weighted by Gasteiger charge is 2.13. The standard InChI is InChI=1S/C16H28N2O/c1-5-13(3)18(11-12-19-4)15-9-7-14(8-10-15)16(17)6-2/h7-10,13,16H,5-6,11-12,17H2,1-4H3/t13?,16-/m0/s1. The van der Waals surface area contributed by atoms with Gasteiger partial charge < -0.3 is 15.4 Å². The molecule has 0 aliphatic heterocycles. The molecule has 3 heteroatoms. The first kappa shape index (κ1) is 16.0. The van der Waals surface area contributed by atoms with Gasteiger partial charge in [-0.05, 0) is 37.5 Å². The van der Waals surface area contributed by atoms with Crippen molar-refractivity contribution < 1.29 is 4.74 Å². The summed E-state index contributed by atoms with van der Waals surface area (Å²) in [6.07, 6.45) is 2.10. The molecule has 0 radical (unpaired) electrons. The van der Waals surface area contributed by atoms with Gasteiger partial charge in [-0.15, -0.1) is 0 Å². The summed E-state index contributed by atoms with van der Waals surface area (Å²) in [5, 5.41) is 0. The van der Waals surface area contributed by atoms with E-state index in [9.17, 15) is 0 Å². The van der Waals surface area contributed by atoms with E-state index >= 15 is 0 Å². The monoisotopic (exact) mass is 264 g/mol. The van der Waals surface area contributed by atoms with Gasteiger partial charge in [-0.25, -0.2) is 0 Å². The maximum Gasteiger partial charge on any atom is 0.0637 e. The Morgan fingerprint density at radius 3 is 2.26 bits per heavy atom. The van der Waals surface area contributed by atoms with Gasteiger partial charge in [-0.2, -0.15) is 0 Å². The fourth-order valence-corrected chi connectivity index (χ4v) is 2.16. The lowest BCUT2D eigenvalue weighted by atomic mass is 10.0. The van der Waals surface area contributed by atoms with Crippen LogP contribution in [0, 0.1) is 0 Å². The van der Waals surface area contributed by atoms with Crippen LogP contribution >= 0.6 is 0 Å². The maximum atomic E-state index is 6.05. The fourth-order valence-electron chi connectivity index (χ4n) is 2.16. The van der Waals surface area contributed by atoms with Crippen LogP contribution < -0.4 is 10.6 Å². The molecule has 2 N–H and O–H groups in total. The molecule has 0 saturated heterocycles. The van der Waals surface area contributed by atoms with Crippen molar-refractivity contribution in [3.63, 3.8) is 0 Å². The van der Waals surface area contributed by atoms with Gasteiger partial charge in [-0.1, -0.05) is 26.0 Å². The molecule has 0 saturated carbocycles. The number of anilines is 1. The summed E-state index contributed by atoms with van der Waals surface area (Å²) in [4.78, 5) is 2.39. The van der Waals surface area contributed by atoms with Crippen LogP contribution in [0.2, 0.25) is 0 Å². The van der Waals surface area contributed by atoms with Crippen LogP contribution in [0.3, 0.4) is 0 Å². The third-order valence-electron chi connectivity index (χ3n) is 3.75. The van der Waals surface area contributed by atoms with Crippen LogP contribution in [0.25, 0.3) is 0 Å². The number of ether oxygens (including phenoxy) is 1. The fraction of sp³-hybridized carbons (Fsp3) is 0.625. The van der Waals surface area contributed by atoms with E-state index in [0.717, 1.165) is 26.0 Å². The molecule has 19 heavy (non-hydrogen) atoms. The minimum Gasteiger partial charge on any atom is -0.383 e. The summed E-state index contributed by atoms with van der Waals surface area (Å²) in [6.45, 7) is 8.25. The average Bonchev–Trinajstić information content (AvgIpc) is 2.47. The van der Waals surface area contributed by atoms with Gasteiger partial charge >= 0.3 is 0 Å². The molecule has 0 spiro atoms. The molecular weight excluding hydrogens is 236 g/mol. The van der Waals surface area contributed by atoms with Crippen LogP contribution in [0.4, 0.5) is 5.69 Å². The van der Waals surface area contributed by atoms with Crippen molar-refractivity contribution >= 4 is 5.69 Å². The molecule has 0 aliphatic rings. The Labute approximate surface area is 117 Å². The minimum absolute atomic E-state index is 0.144. The van der Waals surface area contributed by atoms with E-state index in [1.165, 1.54) is 11.3 Å². The van der Waals surface area contributed by atoms with Crippen LogP contribution in [0.5, 0.6) is 0 Å². The second kappa shape index (κ2) is 8.18. The second-order valence-electron chi connectivity index (χ2n) is 5.05. The largest absolute Gasteiger partial charge is 0.383 e. The molecular formula is C16H28N2O. The Bertz CT molecular complexity index is 350. The van der Waals surface area contributed by atoms with Crippen molar-refractivity contribution in [3.8, 4) is 0 Å². The summed E-state index contributed by atoms with van der Waals surface area (Å²) < 4.78 is 5.21. The SMILES string of the molecule is CCC(C)N(CCOC)c1ccc([C@@H](N)CC)cc1. The topological polar surface area (TPSA) is 38.5 Å². The number of hydrogen-bond acceptors (Lipinski definition) is 3. The van der Waals surface area contributed by atoms with Crippen molar-refractivity contribution in [2.75, 3.05) is 25.2 Å². The van der Waals surface area contributed by atoms with E-state index in [0.29, 0.717) is 6.04 Å². The Balaban J connectivity index is 2.84. The summed E-state index contributed by atoms with van der Waals surface area (Å²) in [6, 6.07) is 9.29. The lowest BCUT2D eigenvalue weighted by Gasteiger charge is -2.31. The normalized spacial score (nSPS) is 14.2. The molecule has 1 aromatic carbocycles. The number of nitrogens with two attached hydrogens (primary N) is 1. The Kier molecular flexibility index (Phi) is 6.89. The molecule has 1 rings (SSSR count). The molecule has 0 fully saturated rings. The zero-order valence-electron chi connectivity index (χ0n) is 12.7. The third kappa shape index (κ3) is 4.51. The predicted octanol–water partition coefficient (Wildman–Crippen LogP) is 3.35. The van der Waals surface area contributed by atoms with Gasteiger partial charge in [-0.3, -0.25) is 0 Å². The average molecular weight is 264 g/mol. The lowest BCUT2D eigenvalue weighted by Crippen LogP contribution is -2.35. The van der Waals surface area contributed by atoms with E-state index in [4.69, 9.17) is 10.5 Å². The highest BCUT2D eigenvalue weighted by Crippen LogP contribution is 2.22. The molecule has 0 aromatic heterocycles. The van der Waals surface area contributed by atoms with Gasteiger partial charge in [0.1, 0.15) is 0 Å². The predicted molar refractivity (Wildman–Crippen MR) is 82.6 cm³/mol. The lowest BCUT2D eigenvalue weighted by molar-refractivity contribution is 0.203. The molecule has 108 valence electrons. The number of benzene rings is 1. The number of methoxy groups -OCH3 is 1. The summed E-state index contributed by atoms with van der Waals surface area (Å²) >= 11 is 0. The van der Waals surface area contributed by atoms with Crippen LogP contribution in [0.1, 0.15) is 45.2 Å². The minimum atomic E-state index is 0.144. The molecule has 3 nitrogen and oxygen atoms in total. The quantitative estimate of drug-likeness (QED) is 0.782. The molecule has 0 bridgehead atoms. The molecule has 0 aliphatic carbocycles. The number of rotatable bonds is 8. The molecule has 0 amide bonds. The van der Waals surface area contributed by atoms with Crippen molar-refractivity contribution in [1.29, 1.82) is 0 Å². The van der Waals surface area contributed by atoms with Gasteiger partial charge in [0, 0.05) is 31.4 Å². The van der Waals surface area contributed by atoms with E-state index in [1.807, 2.05) is 0 Å². The Morgan fingerprint density at radius 1 is 1.16 bits per heavy atom. The summed E-state index contributed by atoms with van der Waals surface area (Å²) in [7, 11) is 1.75. The van der Waals surface area contributed by atoms with Crippen LogP contribution in [-0.4, -0.2) is 26.3 Å². The van der Waals surface area contributed by atoms with Crippen LogP contribution in [0.15, 0.2) is 24.3 Å². The van der Waals surface area contributed by atoms with E-state index in [2.05, 4.69) is 49.9 Å². The zero-order valence-corrected chi connectivity index (χ0v) is 12.7. The Hall–Kier alpha value is -1.06. The van der Waals surface area contributed by atoms with E-state index in [-0.39, 0.29) is 6.04 Å². The number of nitrogens with zero attached hydrogens (tertiary/aromatic N) is 1. The first-order valence-corrected chi connectivity index (χ1v) is 7.25. The zero-order chi connectivity index (χ0) is 14.3. The van der Waals surface area contributed by atoms with Gasteiger partial charge in [0.15, 0.2) is 0 Å².